The number of alkyl halides is 1. The van der Waals surface area contributed by atoms with Gasteiger partial charge in [-0.3, -0.25) is 0 Å². The number of rotatable bonds is 3. The van der Waals surface area contributed by atoms with Crippen molar-refractivity contribution < 1.29 is 0 Å². The molecular formula is C7H16IN. The monoisotopic (exact) mass is 241 g/mol. The van der Waals surface area contributed by atoms with Crippen LogP contribution in [0, 0.1) is 5.92 Å². The van der Waals surface area contributed by atoms with Gasteiger partial charge >= 0.3 is 0 Å². The summed E-state index contributed by atoms with van der Waals surface area (Å²) in [6, 6.07) is 0.371. The minimum absolute atomic E-state index is 0.371. The molecule has 0 aliphatic rings. The van der Waals surface area contributed by atoms with Gasteiger partial charge in [0.05, 0.1) is 0 Å². The maximum Gasteiger partial charge on any atom is 0.0261 e. The number of nitrogens with two attached hydrogens (primary N) is 1. The van der Waals surface area contributed by atoms with E-state index in [4.69, 9.17) is 5.73 Å². The molecule has 0 rings (SSSR count). The summed E-state index contributed by atoms with van der Waals surface area (Å²) in [5, 5.41) is 0. The van der Waals surface area contributed by atoms with E-state index in [2.05, 4.69) is 43.4 Å². The Labute approximate surface area is 71.5 Å². The molecule has 0 aliphatic carbocycles. The van der Waals surface area contributed by atoms with Crippen molar-refractivity contribution in [3.05, 3.63) is 0 Å². The summed E-state index contributed by atoms with van der Waals surface area (Å²) in [5.41, 5.74) is 5.86. The zero-order valence-corrected chi connectivity index (χ0v) is 8.55. The first-order chi connectivity index (χ1) is 4.09. The summed E-state index contributed by atoms with van der Waals surface area (Å²) in [7, 11) is 0. The van der Waals surface area contributed by atoms with E-state index in [0.717, 1.165) is 0 Å². The van der Waals surface area contributed by atoms with Gasteiger partial charge in [0.2, 0.25) is 0 Å². The van der Waals surface area contributed by atoms with Crippen molar-refractivity contribution in [2.45, 2.75) is 37.2 Å². The fourth-order valence-electron chi connectivity index (χ4n) is 0.690. The number of hydrogen-bond donors (Lipinski definition) is 1. The smallest absolute Gasteiger partial charge is 0.0261 e. The van der Waals surface area contributed by atoms with Gasteiger partial charge in [0, 0.05) is 9.97 Å². The molecule has 0 fully saturated rings. The molecule has 0 aromatic carbocycles. The van der Waals surface area contributed by atoms with Crippen LogP contribution in [-0.4, -0.2) is 9.97 Å². The van der Waals surface area contributed by atoms with E-state index in [9.17, 15) is 0 Å². The second-order valence-corrected chi connectivity index (χ2v) is 4.35. The van der Waals surface area contributed by atoms with Crippen LogP contribution in [0.5, 0.6) is 0 Å². The van der Waals surface area contributed by atoms with Crippen molar-refractivity contribution in [3.8, 4) is 0 Å². The molecule has 0 saturated carbocycles. The summed E-state index contributed by atoms with van der Waals surface area (Å²) in [6.07, 6.45) is 1.18. The van der Waals surface area contributed by atoms with Gasteiger partial charge in [-0.15, -0.1) is 0 Å². The van der Waals surface area contributed by atoms with Gasteiger partial charge in [0.25, 0.3) is 0 Å². The summed E-state index contributed by atoms with van der Waals surface area (Å²) in [5.74, 6) is 0.617. The van der Waals surface area contributed by atoms with E-state index in [0.29, 0.717) is 15.9 Å². The normalized spacial score (nSPS) is 18.0. The highest BCUT2D eigenvalue weighted by Crippen LogP contribution is 2.14. The molecule has 0 radical (unpaired) electrons. The molecule has 0 aromatic heterocycles. The molecule has 2 unspecified atom stereocenters. The van der Waals surface area contributed by atoms with E-state index < -0.39 is 0 Å². The lowest BCUT2D eigenvalue weighted by molar-refractivity contribution is 0.480. The molecule has 0 aliphatic heterocycles. The predicted octanol–water partition coefficient (Wildman–Crippen LogP) is 2.18. The lowest BCUT2D eigenvalue weighted by Crippen LogP contribution is -2.34. The van der Waals surface area contributed by atoms with E-state index in [1.807, 2.05) is 0 Å². The lowest BCUT2D eigenvalue weighted by Gasteiger charge is -2.19. The Morgan fingerprint density at radius 2 is 1.89 bits per heavy atom. The molecule has 0 bridgehead atoms. The van der Waals surface area contributed by atoms with Gasteiger partial charge in [-0.1, -0.05) is 43.4 Å². The molecule has 0 heterocycles. The van der Waals surface area contributed by atoms with Crippen LogP contribution >= 0.6 is 22.6 Å². The zero-order valence-electron chi connectivity index (χ0n) is 6.39. The summed E-state index contributed by atoms with van der Waals surface area (Å²) in [6.45, 7) is 6.53. The second kappa shape index (κ2) is 4.50. The van der Waals surface area contributed by atoms with Crippen LogP contribution in [0.25, 0.3) is 0 Å². The Balaban J connectivity index is 3.58. The summed E-state index contributed by atoms with van der Waals surface area (Å²) >= 11 is 2.42. The molecular weight excluding hydrogens is 225 g/mol. The fourth-order valence-corrected chi connectivity index (χ4v) is 1.52. The van der Waals surface area contributed by atoms with Crippen molar-refractivity contribution >= 4 is 22.6 Å². The SMILES string of the molecule is CCC(I)C(N)C(C)C. The lowest BCUT2D eigenvalue weighted by atomic mass is 10.0. The molecule has 2 heteroatoms. The van der Waals surface area contributed by atoms with Crippen LogP contribution in [0.1, 0.15) is 27.2 Å². The highest BCUT2D eigenvalue weighted by Gasteiger charge is 2.14. The van der Waals surface area contributed by atoms with Crippen LogP contribution < -0.4 is 5.73 Å². The van der Waals surface area contributed by atoms with Crippen LogP contribution in [0.3, 0.4) is 0 Å². The van der Waals surface area contributed by atoms with E-state index in [1.165, 1.54) is 6.42 Å². The molecule has 0 saturated heterocycles. The van der Waals surface area contributed by atoms with Gasteiger partial charge in [0.15, 0.2) is 0 Å². The Kier molecular flexibility index (Phi) is 4.84. The predicted molar refractivity (Wildman–Crippen MR) is 50.9 cm³/mol. The van der Waals surface area contributed by atoms with Crippen LogP contribution in [0.4, 0.5) is 0 Å². The average molecular weight is 241 g/mol. The van der Waals surface area contributed by atoms with Crippen molar-refractivity contribution in [3.63, 3.8) is 0 Å². The maximum atomic E-state index is 5.86. The molecule has 2 atom stereocenters. The van der Waals surface area contributed by atoms with Crippen LogP contribution in [-0.2, 0) is 0 Å². The van der Waals surface area contributed by atoms with Gasteiger partial charge in [-0.05, 0) is 12.3 Å². The number of hydrogen-bond acceptors (Lipinski definition) is 1. The molecule has 0 aromatic rings. The Hall–Kier alpha value is 0.690. The highest BCUT2D eigenvalue weighted by atomic mass is 127. The molecule has 0 spiro atoms. The molecule has 56 valence electrons. The summed E-state index contributed by atoms with van der Waals surface area (Å²) in [4.78, 5) is 0. The average Bonchev–Trinajstić information content (AvgIpc) is 1.84. The summed E-state index contributed by atoms with van der Waals surface area (Å²) < 4.78 is 0.641. The Bertz CT molecular complexity index is 73.3. The van der Waals surface area contributed by atoms with Gasteiger partial charge in [0.1, 0.15) is 0 Å². The van der Waals surface area contributed by atoms with Crippen molar-refractivity contribution in [1.82, 2.24) is 0 Å². The van der Waals surface area contributed by atoms with Gasteiger partial charge in [-0.25, -0.2) is 0 Å². The largest absolute Gasteiger partial charge is 0.327 e. The Morgan fingerprint density at radius 1 is 1.44 bits per heavy atom. The van der Waals surface area contributed by atoms with Gasteiger partial charge < -0.3 is 5.73 Å². The van der Waals surface area contributed by atoms with Crippen molar-refractivity contribution in [2.75, 3.05) is 0 Å². The quantitative estimate of drug-likeness (QED) is 0.594. The fraction of sp³-hybridized carbons (Fsp3) is 1.00. The second-order valence-electron chi connectivity index (χ2n) is 2.75. The van der Waals surface area contributed by atoms with Gasteiger partial charge in [-0.2, -0.15) is 0 Å². The van der Waals surface area contributed by atoms with Crippen LogP contribution in [0.2, 0.25) is 0 Å². The maximum absolute atomic E-state index is 5.86. The third-order valence-electron chi connectivity index (χ3n) is 1.58. The minimum atomic E-state index is 0.371. The molecule has 1 nitrogen and oxygen atoms in total. The zero-order chi connectivity index (χ0) is 7.44. The van der Waals surface area contributed by atoms with Crippen LogP contribution in [0.15, 0.2) is 0 Å². The molecule has 0 amide bonds. The van der Waals surface area contributed by atoms with E-state index >= 15 is 0 Å². The third kappa shape index (κ3) is 3.40. The first kappa shape index (κ1) is 9.69. The van der Waals surface area contributed by atoms with E-state index in [1.54, 1.807) is 0 Å². The highest BCUT2D eigenvalue weighted by molar-refractivity contribution is 14.1. The molecule has 2 N–H and O–H groups in total. The standard InChI is InChI=1S/C7H16IN/c1-4-6(8)7(9)5(2)3/h5-7H,4,9H2,1-3H3. The first-order valence-electron chi connectivity index (χ1n) is 3.49. The topological polar surface area (TPSA) is 26.0 Å². The van der Waals surface area contributed by atoms with Crippen molar-refractivity contribution in [2.24, 2.45) is 11.7 Å². The van der Waals surface area contributed by atoms with E-state index in [-0.39, 0.29) is 0 Å². The first-order valence-corrected chi connectivity index (χ1v) is 4.73. The van der Waals surface area contributed by atoms with Crippen molar-refractivity contribution in [1.29, 1.82) is 0 Å². The molecule has 9 heavy (non-hydrogen) atoms. The Morgan fingerprint density at radius 3 is 2.00 bits per heavy atom. The third-order valence-corrected chi connectivity index (χ3v) is 3.29. The number of halogens is 1. The minimum Gasteiger partial charge on any atom is -0.327 e.